The molecular formula is C13H11NO6S2. The molecule has 1 saturated heterocycles. The van der Waals surface area contributed by atoms with Gasteiger partial charge in [0.25, 0.3) is 5.91 Å². The Kier molecular flexibility index (Phi) is 4.99. The lowest BCUT2D eigenvalue weighted by molar-refractivity contribution is -0.137. The summed E-state index contributed by atoms with van der Waals surface area (Å²) < 4.78 is 5.40. The van der Waals surface area contributed by atoms with Crippen LogP contribution in [0.2, 0.25) is 0 Å². The van der Waals surface area contributed by atoms with Crippen LogP contribution in [0.25, 0.3) is 6.08 Å². The Hall–Kier alpha value is -2.13. The van der Waals surface area contributed by atoms with Gasteiger partial charge in [-0.25, -0.2) is 4.79 Å². The average molecular weight is 341 g/mol. The topological polar surface area (TPSA) is 108 Å². The molecule has 0 atom stereocenters. The van der Waals surface area contributed by atoms with Crippen molar-refractivity contribution in [3.05, 3.63) is 28.6 Å². The molecular weight excluding hydrogens is 330 g/mol. The van der Waals surface area contributed by atoms with E-state index in [1.54, 1.807) is 0 Å². The van der Waals surface area contributed by atoms with Gasteiger partial charge in [-0.05, 0) is 18.6 Å². The molecule has 1 aromatic rings. The zero-order valence-electron chi connectivity index (χ0n) is 11.1. The number of furan rings is 1. The van der Waals surface area contributed by atoms with Crippen LogP contribution in [0.4, 0.5) is 0 Å². The minimum atomic E-state index is -1.19. The highest BCUT2D eigenvalue weighted by Crippen LogP contribution is 2.32. The number of nitrogens with zero attached hydrogens (tertiary/aromatic N) is 1. The van der Waals surface area contributed by atoms with Crippen molar-refractivity contribution in [1.29, 1.82) is 0 Å². The minimum Gasteiger partial charge on any atom is -0.481 e. The van der Waals surface area contributed by atoms with Gasteiger partial charge in [0.2, 0.25) is 5.76 Å². The lowest BCUT2D eigenvalue weighted by Crippen LogP contribution is -2.29. The highest BCUT2D eigenvalue weighted by molar-refractivity contribution is 8.26. The summed E-state index contributed by atoms with van der Waals surface area (Å²) in [5, 5.41) is 17.4. The number of rotatable bonds is 6. The van der Waals surface area contributed by atoms with Crippen molar-refractivity contribution in [3.8, 4) is 0 Å². The van der Waals surface area contributed by atoms with Gasteiger partial charge in [-0.3, -0.25) is 14.5 Å². The fourth-order valence-electron chi connectivity index (χ4n) is 1.76. The van der Waals surface area contributed by atoms with Crippen LogP contribution in [0.3, 0.4) is 0 Å². The Labute approximate surface area is 134 Å². The van der Waals surface area contributed by atoms with E-state index in [1.807, 2.05) is 0 Å². The van der Waals surface area contributed by atoms with Gasteiger partial charge in [-0.15, -0.1) is 0 Å². The van der Waals surface area contributed by atoms with E-state index in [2.05, 4.69) is 0 Å². The first-order valence-corrected chi connectivity index (χ1v) is 7.41. The Morgan fingerprint density at radius 1 is 1.36 bits per heavy atom. The highest BCUT2D eigenvalue weighted by Gasteiger charge is 2.32. The van der Waals surface area contributed by atoms with Gasteiger partial charge < -0.3 is 14.6 Å². The number of carboxylic acid groups (broad SMARTS) is 2. The normalized spacial score (nSPS) is 16.5. The Balaban J connectivity index is 2.08. The summed E-state index contributed by atoms with van der Waals surface area (Å²) in [6.07, 6.45) is 1.68. The van der Waals surface area contributed by atoms with Crippen molar-refractivity contribution in [1.82, 2.24) is 4.90 Å². The molecule has 0 aromatic carbocycles. The number of aromatic carboxylic acids is 1. The standard InChI is InChI=1S/C13H11NO6S2/c15-10(16)2-1-5-14-11(17)9(22-13(14)21)6-7-3-4-8(20-7)12(18)19/h3-4,6H,1-2,5H2,(H,15,16)(H,18,19). The maximum atomic E-state index is 12.2. The molecule has 9 heteroatoms. The maximum Gasteiger partial charge on any atom is 0.371 e. The van der Waals surface area contributed by atoms with E-state index in [1.165, 1.54) is 23.1 Å². The summed E-state index contributed by atoms with van der Waals surface area (Å²) in [7, 11) is 0. The summed E-state index contributed by atoms with van der Waals surface area (Å²) in [6.45, 7) is 0.229. The predicted octanol–water partition coefficient (Wildman–Crippen LogP) is 2.04. The molecule has 0 saturated carbocycles. The molecule has 2 heterocycles. The third-order valence-corrected chi connectivity index (χ3v) is 4.13. The smallest absolute Gasteiger partial charge is 0.371 e. The number of carbonyl (C=O) groups excluding carboxylic acids is 1. The van der Waals surface area contributed by atoms with E-state index in [4.69, 9.17) is 26.8 Å². The molecule has 1 fully saturated rings. The number of amides is 1. The largest absolute Gasteiger partial charge is 0.481 e. The average Bonchev–Trinajstić information content (AvgIpc) is 2.99. The summed E-state index contributed by atoms with van der Waals surface area (Å²) in [4.78, 5) is 35.0. The number of thiocarbonyl (C=S) groups is 1. The van der Waals surface area contributed by atoms with Crippen molar-refractivity contribution in [2.75, 3.05) is 6.54 Å². The van der Waals surface area contributed by atoms with Gasteiger partial charge in [0.1, 0.15) is 10.1 Å². The lowest BCUT2D eigenvalue weighted by Gasteiger charge is -2.12. The second-order valence-electron chi connectivity index (χ2n) is 4.34. The van der Waals surface area contributed by atoms with Gasteiger partial charge in [-0.2, -0.15) is 0 Å². The second-order valence-corrected chi connectivity index (χ2v) is 6.01. The van der Waals surface area contributed by atoms with E-state index in [9.17, 15) is 14.4 Å². The fourth-order valence-corrected chi connectivity index (χ4v) is 3.04. The molecule has 1 aliphatic rings. The first kappa shape index (κ1) is 16.2. The maximum absolute atomic E-state index is 12.2. The van der Waals surface area contributed by atoms with Gasteiger partial charge in [0.05, 0.1) is 4.91 Å². The predicted molar refractivity (Wildman–Crippen MR) is 82.4 cm³/mol. The number of hydrogen-bond donors (Lipinski definition) is 2. The zero-order valence-corrected chi connectivity index (χ0v) is 12.8. The Bertz CT molecular complexity index is 678. The number of aliphatic carboxylic acids is 1. The molecule has 0 aliphatic carbocycles. The molecule has 0 bridgehead atoms. The number of carboxylic acids is 2. The van der Waals surface area contributed by atoms with Crippen LogP contribution in [-0.2, 0) is 9.59 Å². The number of carbonyl (C=O) groups is 3. The number of thioether (sulfide) groups is 1. The Morgan fingerprint density at radius 2 is 2.09 bits per heavy atom. The molecule has 0 spiro atoms. The first-order chi connectivity index (χ1) is 10.4. The first-order valence-electron chi connectivity index (χ1n) is 6.19. The second kappa shape index (κ2) is 6.75. The summed E-state index contributed by atoms with van der Waals surface area (Å²) in [6, 6.07) is 2.74. The van der Waals surface area contributed by atoms with E-state index in [0.29, 0.717) is 15.6 Å². The molecule has 22 heavy (non-hydrogen) atoms. The molecule has 1 amide bonds. The van der Waals surface area contributed by atoms with Crippen molar-refractivity contribution in [2.24, 2.45) is 0 Å². The lowest BCUT2D eigenvalue weighted by atomic mass is 10.3. The van der Waals surface area contributed by atoms with Gasteiger partial charge in [-0.1, -0.05) is 24.0 Å². The van der Waals surface area contributed by atoms with Crippen LogP contribution in [-0.4, -0.2) is 43.8 Å². The third kappa shape index (κ3) is 3.74. The molecule has 0 radical (unpaired) electrons. The summed E-state index contributed by atoms with van der Waals surface area (Å²) >= 11 is 6.16. The van der Waals surface area contributed by atoms with Crippen LogP contribution < -0.4 is 0 Å². The summed E-state index contributed by atoms with van der Waals surface area (Å²) in [5.41, 5.74) is 0. The van der Waals surface area contributed by atoms with E-state index in [-0.39, 0.29) is 30.4 Å². The van der Waals surface area contributed by atoms with E-state index >= 15 is 0 Å². The van der Waals surface area contributed by atoms with Crippen LogP contribution >= 0.6 is 24.0 Å². The van der Waals surface area contributed by atoms with Crippen molar-refractivity contribution < 1.29 is 29.0 Å². The molecule has 1 aliphatic heterocycles. The minimum absolute atomic E-state index is 0.0454. The van der Waals surface area contributed by atoms with Gasteiger partial charge >= 0.3 is 11.9 Å². The van der Waals surface area contributed by atoms with Crippen molar-refractivity contribution in [3.63, 3.8) is 0 Å². The quantitative estimate of drug-likeness (QED) is 0.598. The fraction of sp³-hybridized carbons (Fsp3) is 0.231. The van der Waals surface area contributed by atoms with E-state index < -0.39 is 11.9 Å². The molecule has 1 aromatic heterocycles. The van der Waals surface area contributed by atoms with Crippen molar-refractivity contribution >= 4 is 52.2 Å². The monoisotopic (exact) mass is 341 g/mol. The SMILES string of the molecule is O=C(O)CCCN1C(=O)C(=Cc2ccc(C(=O)O)o2)SC1=S. The summed E-state index contributed by atoms with van der Waals surface area (Å²) in [5.74, 6) is -2.45. The molecule has 7 nitrogen and oxygen atoms in total. The van der Waals surface area contributed by atoms with Crippen LogP contribution in [0, 0.1) is 0 Å². The number of hydrogen-bond acceptors (Lipinski definition) is 6. The van der Waals surface area contributed by atoms with Gasteiger partial charge in [0.15, 0.2) is 0 Å². The highest BCUT2D eigenvalue weighted by atomic mass is 32.2. The Morgan fingerprint density at radius 3 is 2.68 bits per heavy atom. The molecule has 2 N–H and O–H groups in total. The third-order valence-electron chi connectivity index (χ3n) is 2.76. The molecule has 0 unspecified atom stereocenters. The molecule has 2 rings (SSSR count). The molecule has 116 valence electrons. The zero-order chi connectivity index (χ0) is 16.3. The van der Waals surface area contributed by atoms with Crippen LogP contribution in [0.5, 0.6) is 0 Å². The van der Waals surface area contributed by atoms with Crippen LogP contribution in [0.15, 0.2) is 21.5 Å². The van der Waals surface area contributed by atoms with E-state index in [0.717, 1.165) is 11.8 Å². The van der Waals surface area contributed by atoms with Crippen molar-refractivity contribution in [2.45, 2.75) is 12.8 Å². The van der Waals surface area contributed by atoms with Crippen LogP contribution in [0.1, 0.15) is 29.2 Å². The van der Waals surface area contributed by atoms with Gasteiger partial charge in [0, 0.05) is 19.0 Å².